The highest BCUT2D eigenvalue weighted by molar-refractivity contribution is 7.93. The van der Waals surface area contributed by atoms with E-state index in [0.717, 1.165) is 16.9 Å². The van der Waals surface area contributed by atoms with E-state index in [9.17, 15) is 13.2 Å². The van der Waals surface area contributed by atoms with Crippen LogP contribution in [0.1, 0.15) is 4.88 Å². The number of methoxy groups -OCH3 is 1. The van der Waals surface area contributed by atoms with E-state index in [1.807, 2.05) is 30.3 Å². The fourth-order valence-corrected chi connectivity index (χ4v) is 4.95. The minimum atomic E-state index is -3.93. The van der Waals surface area contributed by atoms with Gasteiger partial charge in [0.05, 0.1) is 34.2 Å². The molecule has 1 N–H and O–H groups in total. The molecular formula is C18H14Cl2N2O4S2. The molecule has 0 unspecified atom stereocenters. The predicted octanol–water partition coefficient (Wildman–Crippen LogP) is 4.63. The van der Waals surface area contributed by atoms with Crippen molar-refractivity contribution in [1.29, 1.82) is 0 Å². The van der Waals surface area contributed by atoms with Crippen molar-refractivity contribution in [3.63, 3.8) is 0 Å². The molecule has 3 rings (SSSR count). The molecule has 0 atom stereocenters. The first-order valence-corrected chi connectivity index (χ1v) is 11.0. The van der Waals surface area contributed by atoms with Gasteiger partial charge in [-0.05, 0) is 18.2 Å². The first-order chi connectivity index (χ1) is 13.3. The summed E-state index contributed by atoms with van der Waals surface area (Å²) in [7, 11) is -2.64. The number of nitrogens with zero attached hydrogens (tertiary/aromatic N) is 1. The summed E-state index contributed by atoms with van der Waals surface area (Å²) < 4.78 is 32.5. The van der Waals surface area contributed by atoms with E-state index in [2.05, 4.69) is 9.71 Å². The fourth-order valence-electron chi connectivity index (χ4n) is 2.36. The molecule has 0 bridgehead atoms. The molecule has 1 heterocycles. The van der Waals surface area contributed by atoms with Gasteiger partial charge in [0.2, 0.25) is 0 Å². The number of anilines is 1. The summed E-state index contributed by atoms with van der Waals surface area (Å²) in [5.41, 5.74) is 1.28. The average molecular weight is 457 g/mol. The number of carbonyl (C=O) groups excluding carboxylic acids is 1. The molecule has 0 radical (unpaired) electrons. The van der Waals surface area contributed by atoms with Gasteiger partial charge in [0.1, 0.15) is 0 Å². The van der Waals surface area contributed by atoms with Gasteiger partial charge in [-0.3, -0.25) is 9.52 Å². The number of aromatic nitrogens is 1. The van der Waals surface area contributed by atoms with Gasteiger partial charge >= 0.3 is 5.97 Å². The molecule has 1 aromatic heterocycles. The minimum Gasteiger partial charge on any atom is -0.469 e. The molecule has 2 aromatic carbocycles. The standard InChI is InChI=1S/C18H14Cl2N2O4S2/c1-26-16(23)10-15-17(11-5-3-2-4-6-11)21-18(27-15)22-28(24,25)12-7-8-13(19)14(20)9-12/h2-9H,10H2,1H3,(H,21,22). The number of carbonyl (C=O) groups is 1. The van der Waals surface area contributed by atoms with Gasteiger partial charge in [-0.25, -0.2) is 13.4 Å². The zero-order valence-electron chi connectivity index (χ0n) is 14.5. The SMILES string of the molecule is COC(=O)Cc1sc(NS(=O)(=O)c2ccc(Cl)c(Cl)c2)nc1-c1ccccc1. The van der Waals surface area contributed by atoms with E-state index in [1.54, 1.807) is 0 Å². The van der Waals surface area contributed by atoms with Crippen LogP contribution in [0.3, 0.4) is 0 Å². The highest BCUT2D eigenvalue weighted by Crippen LogP contribution is 2.33. The Morgan fingerprint density at radius 3 is 2.50 bits per heavy atom. The lowest BCUT2D eigenvalue weighted by molar-refractivity contribution is -0.139. The molecule has 0 fully saturated rings. The lowest BCUT2D eigenvalue weighted by Gasteiger charge is -2.06. The maximum Gasteiger partial charge on any atom is 0.310 e. The van der Waals surface area contributed by atoms with Crippen molar-refractivity contribution < 1.29 is 17.9 Å². The molecule has 0 saturated heterocycles. The first kappa shape index (κ1) is 20.6. The highest BCUT2D eigenvalue weighted by atomic mass is 35.5. The third-order valence-electron chi connectivity index (χ3n) is 3.70. The Kier molecular flexibility index (Phi) is 6.24. The number of hydrogen-bond acceptors (Lipinski definition) is 6. The molecular weight excluding hydrogens is 443 g/mol. The molecule has 10 heteroatoms. The molecule has 6 nitrogen and oxygen atoms in total. The summed E-state index contributed by atoms with van der Waals surface area (Å²) in [6.45, 7) is 0. The summed E-state index contributed by atoms with van der Waals surface area (Å²) in [5.74, 6) is -0.445. The van der Waals surface area contributed by atoms with Crippen LogP contribution in [0.4, 0.5) is 5.13 Å². The molecule has 0 aliphatic rings. The Morgan fingerprint density at radius 1 is 1.14 bits per heavy atom. The Morgan fingerprint density at radius 2 is 1.86 bits per heavy atom. The number of benzene rings is 2. The normalized spacial score (nSPS) is 11.2. The number of ether oxygens (including phenoxy) is 1. The summed E-state index contributed by atoms with van der Waals surface area (Å²) in [5, 5.41) is 0.505. The lowest BCUT2D eigenvalue weighted by atomic mass is 10.1. The van der Waals surface area contributed by atoms with Crippen LogP contribution in [0, 0.1) is 0 Å². The van der Waals surface area contributed by atoms with Crippen LogP contribution in [-0.2, 0) is 26.0 Å². The number of esters is 1. The number of rotatable bonds is 6. The Bertz CT molecular complexity index is 1120. The number of halogens is 2. The predicted molar refractivity (Wildman–Crippen MR) is 111 cm³/mol. The van der Waals surface area contributed by atoms with E-state index < -0.39 is 16.0 Å². The molecule has 0 saturated carbocycles. The van der Waals surface area contributed by atoms with E-state index in [-0.39, 0.29) is 26.5 Å². The van der Waals surface area contributed by atoms with Crippen molar-refractivity contribution >= 4 is 55.7 Å². The average Bonchev–Trinajstić information content (AvgIpc) is 3.05. The third kappa shape index (κ3) is 4.64. The number of sulfonamides is 1. The fraction of sp³-hybridized carbons (Fsp3) is 0.111. The molecule has 0 spiro atoms. The molecule has 146 valence electrons. The van der Waals surface area contributed by atoms with Crippen LogP contribution in [0.2, 0.25) is 10.0 Å². The second-order valence-electron chi connectivity index (χ2n) is 5.59. The second-order valence-corrected chi connectivity index (χ2v) is 9.17. The van der Waals surface area contributed by atoms with Crippen LogP contribution in [0.5, 0.6) is 0 Å². The number of thiazole rings is 1. The van der Waals surface area contributed by atoms with Crippen molar-refractivity contribution in [3.8, 4) is 11.3 Å². The molecule has 0 aliphatic heterocycles. The minimum absolute atomic E-state index is 0.0209. The number of nitrogens with one attached hydrogen (secondary N) is 1. The Labute approximate surface area is 176 Å². The Balaban J connectivity index is 1.97. The van der Waals surface area contributed by atoms with Crippen LogP contribution < -0.4 is 4.72 Å². The maximum absolute atomic E-state index is 12.7. The number of hydrogen-bond donors (Lipinski definition) is 1. The van der Waals surface area contributed by atoms with Crippen molar-refractivity contribution in [3.05, 3.63) is 63.5 Å². The van der Waals surface area contributed by atoms with E-state index in [4.69, 9.17) is 27.9 Å². The zero-order valence-corrected chi connectivity index (χ0v) is 17.6. The van der Waals surface area contributed by atoms with Gasteiger partial charge in [0, 0.05) is 10.4 Å². The zero-order chi connectivity index (χ0) is 20.3. The van der Waals surface area contributed by atoms with Gasteiger partial charge in [0.25, 0.3) is 10.0 Å². The van der Waals surface area contributed by atoms with Crippen LogP contribution in [0.25, 0.3) is 11.3 Å². The largest absolute Gasteiger partial charge is 0.469 e. The second kappa shape index (κ2) is 8.48. The van der Waals surface area contributed by atoms with Crippen LogP contribution >= 0.6 is 34.5 Å². The van der Waals surface area contributed by atoms with Crippen molar-refractivity contribution in [1.82, 2.24) is 4.98 Å². The van der Waals surface area contributed by atoms with Crippen molar-refractivity contribution in [2.45, 2.75) is 11.3 Å². The van der Waals surface area contributed by atoms with Crippen LogP contribution in [0.15, 0.2) is 53.4 Å². The quantitative estimate of drug-likeness (QED) is 0.546. The van der Waals surface area contributed by atoms with E-state index >= 15 is 0 Å². The summed E-state index contributed by atoms with van der Waals surface area (Å²) >= 11 is 12.8. The molecule has 0 amide bonds. The summed E-state index contributed by atoms with van der Waals surface area (Å²) in [4.78, 5) is 16.7. The van der Waals surface area contributed by atoms with Gasteiger partial charge in [-0.2, -0.15) is 0 Å². The highest BCUT2D eigenvalue weighted by Gasteiger charge is 2.21. The third-order valence-corrected chi connectivity index (χ3v) is 6.88. The van der Waals surface area contributed by atoms with Gasteiger partial charge in [-0.15, -0.1) is 0 Å². The van der Waals surface area contributed by atoms with Crippen LogP contribution in [-0.4, -0.2) is 26.5 Å². The summed E-state index contributed by atoms with van der Waals surface area (Å²) in [6.07, 6.45) is -0.0209. The van der Waals surface area contributed by atoms with Gasteiger partial charge < -0.3 is 4.74 Å². The summed E-state index contributed by atoms with van der Waals surface area (Å²) in [6, 6.07) is 13.2. The van der Waals surface area contributed by atoms with Crippen molar-refractivity contribution in [2.75, 3.05) is 11.8 Å². The smallest absolute Gasteiger partial charge is 0.310 e. The molecule has 0 aliphatic carbocycles. The lowest BCUT2D eigenvalue weighted by Crippen LogP contribution is -2.12. The topological polar surface area (TPSA) is 85.4 Å². The monoisotopic (exact) mass is 456 g/mol. The van der Waals surface area contributed by atoms with E-state index in [0.29, 0.717) is 10.6 Å². The van der Waals surface area contributed by atoms with E-state index in [1.165, 1.54) is 25.3 Å². The first-order valence-electron chi connectivity index (χ1n) is 7.90. The molecule has 3 aromatic rings. The molecule has 28 heavy (non-hydrogen) atoms. The maximum atomic E-state index is 12.7. The van der Waals surface area contributed by atoms with Gasteiger partial charge in [-0.1, -0.05) is 64.9 Å². The van der Waals surface area contributed by atoms with Crippen molar-refractivity contribution in [2.24, 2.45) is 0 Å². The van der Waals surface area contributed by atoms with Gasteiger partial charge in [0.15, 0.2) is 5.13 Å². The Hall–Kier alpha value is -2.13.